The molecule has 2 aromatic rings. The molecule has 0 saturated heterocycles. The van der Waals surface area contributed by atoms with Crippen molar-refractivity contribution in [1.29, 1.82) is 0 Å². The molecule has 1 amide bonds. The highest BCUT2D eigenvalue weighted by Gasteiger charge is 2.16. The molecule has 2 aromatic carbocycles. The third kappa shape index (κ3) is 3.52. The number of carboxylic acids is 1. The fraction of sp³-hybridized carbons (Fsp3) is 0.0667. The second kappa shape index (κ2) is 6.13. The average Bonchev–Trinajstić information content (AvgIpc) is 2.43. The minimum absolute atomic E-state index is 0.00222. The molecular formula is C15H12INO4. The Balaban J connectivity index is 2.36. The van der Waals surface area contributed by atoms with Crippen LogP contribution in [0, 0.1) is 10.5 Å². The molecule has 0 aliphatic heterocycles. The molecule has 2 rings (SSSR count). The predicted octanol–water partition coefficient (Wildman–Crippen LogP) is 3.26. The molecule has 0 radical (unpaired) electrons. The Morgan fingerprint density at radius 1 is 1.10 bits per heavy atom. The molecule has 0 aliphatic rings. The number of carbonyl (C=O) groups is 2. The van der Waals surface area contributed by atoms with Gasteiger partial charge in [0.15, 0.2) is 0 Å². The van der Waals surface area contributed by atoms with E-state index in [4.69, 9.17) is 5.11 Å². The summed E-state index contributed by atoms with van der Waals surface area (Å²) in [6.45, 7) is 1.80. The zero-order valence-corrected chi connectivity index (χ0v) is 13.2. The van der Waals surface area contributed by atoms with Gasteiger partial charge in [0.05, 0.1) is 16.8 Å². The van der Waals surface area contributed by atoms with Gasteiger partial charge in [-0.1, -0.05) is 11.6 Å². The van der Waals surface area contributed by atoms with E-state index < -0.39 is 11.9 Å². The van der Waals surface area contributed by atoms with Gasteiger partial charge in [0.2, 0.25) is 0 Å². The second-order valence-corrected chi connectivity index (χ2v) is 5.72. The maximum absolute atomic E-state index is 12.2. The van der Waals surface area contributed by atoms with Crippen molar-refractivity contribution in [3.05, 3.63) is 56.7 Å². The Bertz CT molecular complexity index is 728. The van der Waals surface area contributed by atoms with E-state index in [9.17, 15) is 14.7 Å². The van der Waals surface area contributed by atoms with Crippen LogP contribution in [0.25, 0.3) is 0 Å². The van der Waals surface area contributed by atoms with Gasteiger partial charge in [0.1, 0.15) is 5.75 Å². The smallest absolute Gasteiger partial charge is 0.337 e. The van der Waals surface area contributed by atoms with E-state index in [1.165, 1.54) is 24.3 Å². The van der Waals surface area contributed by atoms with Crippen LogP contribution >= 0.6 is 22.6 Å². The maximum atomic E-state index is 12.2. The van der Waals surface area contributed by atoms with E-state index in [-0.39, 0.29) is 22.6 Å². The highest BCUT2D eigenvalue weighted by molar-refractivity contribution is 14.1. The Labute approximate surface area is 134 Å². The topological polar surface area (TPSA) is 86.6 Å². The lowest BCUT2D eigenvalue weighted by Gasteiger charge is -2.10. The first kappa shape index (κ1) is 15.3. The van der Waals surface area contributed by atoms with Crippen LogP contribution in [0.5, 0.6) is 5.75 Å². The number of aromatic carboxylic acids is 1. The van der Waals surface area contributed by atoms with Gasteiger partial charge in [-0.25, -0.2) is 4.79 Å². The van der Waals surface area contributed by atoms with Crippen molar-refractivity contribution < 1.29 is 19.8 Å². The normalized spacial score (nSPS) is 10.2. The first-order chi connectivity index (χ1) is 9.88. The number of hydrogen-bond acceptors (Lipinski definition) is 3. The van der Waals surface area contributed by atoms with E-state index in [0.29, 0.717) is 0 Å². The van der Waals surface area contributed by atoms with E-state index in [1.807, 2.05) is 22.6 Å². The summed E-state index contributed by atoms with van der Waals surface area (Å²) in [6.07, 6.45) is 0. The molecule has 0 heterocycles. The van der Waals surface area contributed by atoms with E-state index in [2.05, 4.69) is 5.32 Å². The van der Waals surface area contributed by atoms with Gasteiger partial charge >= 0.3 is 5.97 Å². The lowest BCUT2D eigenvalue weighted by Crippen LogP contribution is -2.15. The number of aromatic hydroxyl groups is 1. The molecule has 5 nitrogen and oxygen atoms in total. The van der Waals surface area contributed by atoms with Gasteiger partial charge in [-0.15, -0.1) is 0 Å². The highest BCUT2D eigenvalue weighted by Crippen LogP contribution is 2.23. The first-order valence-corrected chi connectivity index (χ1v) is 7.10. The molecule has 0 bridgehead atoms. The summed E-state index contributed by atoms with van der Waals surface area (Å²) in [4.78, 5) is 23.4. The number of aryl methyl sites for hydroxylation is 1. The zero-order valence-electron chi connectivity index (χ0n) is 11.1. The lowest BCUT2D eigenvalue weighted by atomic mass is 10.1. The fourth-order valence-electron chi connectivity index (χ4n) is 1.82. The van der Waals surface area contributed by atoms with Crippen LogP contribution in [0.2, 0.25) is 0 Å². The highest BCUT2D eigenvalue weighted by atomic mass is 127. The van der Waals surface area contributed by atoms with Crippen LogP contribution in [-0.4, -0.2) is 22.1 Å². The molecule has 0 saturated carbocycles. The number of phenolic OH excluding ortho intramolecular Hbond substituents is 1. The fourth-order valence-corrected chi connectivity index (χ4v) is 2.32. The van der Waals surface area contributed by atoms with Crippen LogP contribution < -0.4 is 5.32 Å². The Hall–Kier alpha value is -2.09. The SMILES string of the molecule is Cc1ccc(O)c(C(=O)Nc2ccc(I)cc2C(=O)O)c1. The van der Waals surface area contributed by atoms with Crippen LogP contribution in [0.1, 0.15) is 26.3 Å². The minimum atomic E-state index is -1.13. The zero-order chi connectivity index (χ0) is 15.6. The Morgan fingerprint density at radius 2 is 1.81 bits per heavy atom. The van der Waals surface area contributed by atoms with Crippen molar-refractivity contribution in [2.24, 2.45) is 0 Å². The number of phenols is 1. The van der Waals surface area contributed by atoms with Gasteiger partial charge in [0.25, 0.3) is 5.91 Å². The number of hydrogen-bond donors (Lipinski definition) is 3. The van der Waals surface area contributed by atoms with Crippen molar-refractivity contribution in [3.8, 4) is 5.75 Å². The van der Waals surface area contributed by atoms with Crippen molar-refractivity contribution in [2.75, 3.05) is 5.32 Å². The summed E-state index contributed by atoms with van der Waals surface area (Å²) in [7, 11) is 0. The van der Waals surface area contributed by atoms with Crippen molar-refractivity contribution >= 4 is 40.2 Å². The van der Waals surface area contributed by atoms with Crippen LogP contribution in [0.15, 0.2) is 36.4 Å². The van der Waals surface area contributed by atoms with Gasteiger partial charge in [-0.2, -0.15) is 0 Å². The summed E-state index contributed by atoms with van der Waals surface area (Å²) >= 11 is 1.99. The standard InChI is InChI=1S/C15H12INO4/c1-8-2-5-13(18)11(6-8)14(19)17-12-4-3-9(16)7-10(12)15(20)21/h2-7,18H,1H3,(H,17,19)(H,20,21). The first-order valence-electron chi connectivity index (χ1n) is 6.02. The molecule has 21 heavy (non-hydrogen) atoms. The van der Waals surface area contributed by atoms with Gasteiger partial charge in [-0.05, 0) is 59.8 Å². The van der Waals surface area contributed by atoms with E-state index in [0.717, 1.165) is 9.13 Å². The number of carbonyl (C=O) groups excluding carboxylic acids is 1. The number of carboxylic acid groups (broad SMARTS) is 1. The number of rotatable bonds is 3. The van der Waals surface area contributed by atoms with Gasteiger partial charge in [0, 0.05) is 3.57 Å². The minimum Gasteiger partial charge on any atom is -0.507 e. The second-order valence-electron chi connectivity index (χ2n) is 4.47. The monoisotopic (exact) mass is 397 g/mol. The summed E-state index contributed by atoms with van der Waals surface area (Å²) in [5, 5.41) is 21.4. The Kier molecular flexibility index (Phi) is 4.46. The van der Waals surface area contributed by atoms with Crippen molar-refractivity contribution in [3.63, 3.8) is 0 Å². The molecule has 0 spiro atoms. The molecule has 0 fully saturated rings. The third-order valence-electron chi connectivity index (χ3n) is 2.86. The number of anilines is 1. The molecule has 0 aliphatic carbocycles. The largest absolute Gasteiger partial charge is 0.507 e. The number of benzene rings is 2. The summed E-state index contributed by atoms with van der Waals surface area (Å²) in [6, 6.07) is 9.33. The molecule has 3 N–H and O–H groups in total. The predicted molar refractivity (Wildman–Crippen MR) is 86.9 cm³/mol. The quantitative estimate of drug-likeness (QED) is 0.695. The van der Waals surface area contributed by atoms with Crippen molar-refractivity contribution in [1.82, 2.24) is 0 Å². The van der Waals surface area contributed by atoms with E-state index >= 15 is 0 Å². The summed E-state index contributed by atoms with van der Waals surface area (Å²) in [5.74, 6) is -1.84. The van der Waals surface area contributed by atoms with Crippen LogP contribution in [0.3, 0.4) is 0 Å². The summed E-state index contributed by atoms with van der Waals surface area (Å²) in [5.41, 5.74) is 1.11. The maximum Gasteiger partial charge on any atom is 0.337 e. The summed E-state index contributed by atoms with van der Waals surface area (Å²) < 4.78 is 0.751. The molecule has 0 unspecified atom stereocenters. The molecule has 6 heteroatoms. The number of amides is 1. The molecular weight excluding hydrogens is 385 g/mol. The molecule has 108 valence electrons. The van der Waals surface area contributed by atoms with Crippen LogP contribution in [-0.2, 0) is 0 Å². The number of nitrogens with one attached hydrogen (secondary N) is 1. The Morgan fingerprint density at radius 3 is 2.48 bits per heavy atom. The number of halogens is 1. The molecule has 0 aromatic heterocycles. The lowest BCUT2D eigenvalue weighted by molar-refractivity contribution is 0.0698. The van der Waals surface area contributed by atoms with Crippen LogP contribution in [0.4, 0.5) is 5.69 Å². The average molecular weight is 397 g/mol. The molecule has 0 atom stereocenters. The van der Waals surface area contributed by atoms with E-state index in [1.54, 1.807) is 19.1 Å². The van der Waals surface area contributed by atoms with Gasteiger partial charge < -0.3 is 15.5 Å². The van der Waals surface area contributed by atoms with Gasteiger partial charge in [-0.3, -0.25) is 4.79 Å². The third-order valence-corrected chi connectivity index (χ3v) is 3.53. The van der Waals surface area contributed by atoms with Crippen molar-refractivity contribution in [2.45, 2.75) is 6.92 Å².